The Morgan fingerprint density at radius 3 is 2.52 bits per heavy atom. The van der Waals surface area contributed by atoms with Crippen molar-refractivity contribution in [3.8, 4) is 0 Å². The number of halogens is 1. The third kappa shape index (κ3) is 4.31. The first-order valence-electron chi connectivity index (χ1n) is 7.49. The number of nitrogens with zero attached hydrogens (tertiary/aromatic N) is 2. The molecule has 0 aromatic heterocycles. The molecule has 0 bridgehead atoms. The topological polar surface area (TPSA) is 83.7 Å². The van der Waals surface area contributed by atoms with E-state index in [2.05, 4.69) is 0 Å². The largest absolute Gasteiger partial charge is 0.340 e. The van der Waals surface area contributed by atoms with E-state index in [1.54, 1.807) is 4.90 Å². The van der Waals surface area contributed by atoms with Crippen molar-refractivity contribution in [3.05, 3.63) is 0 Å². The minimum atomic E-state index is -3.32. The molecule has 0 aliphatic carbocycles. The number of carbonyl (C=O) groups is 1. The van der Waals surface area contributed by atoms with Gasteiger partial charge in [0.25, 0.3) is 0 Å². The molecule has 6 nitrogen and oxygen atoms in total. The summed E-state index contributed by atoms with van der Waals surface area (Å²) < 4.78 is 26.1. The van der Waals surface area contributed by atoms with Crippen LogP contribution in [0.2, 0.25) is 0 Å². The number of rotatable bonds is 4. The van der Waals surface area contributed by atoms with Crippen molar-refractivity contribution in [2.75, 3.05) is 25.4 Å². The number of nitrogens with two attached hydrogens (primary N) is 1. The Bertz CT molecular complexity index is 458. The molecule has 21 heavy (non-hydrogen) atoms. The summed E-state index contributed by atoms with van der Waals surface area (Å²) in [4.78, 5) is 14.3. The fourth-order valence-electron chi connectivity index (χ4n) is 3.06. The molecule has 0 saturated carbocycles. The van der Waals surface area contributed by atoms with Gasteiger partial charge in [0.2, 0.25) is 15.9 Å². The summed E-state index contributed by atoms with van der Waals surface area (Å²) >= 11 is 0. The molecule has 2 saturated heterocycles. The van der Waals surface area contributed by atoms with Crippen LogP contribution in [-0.4, -0.2) is 61.0 Å². The first kappa shape index (κ1) is 18.7. The van der Waals surface area contributed by atoms with Gasteiger partial charge in [0.05, 0.1) is 5.75 Å². The highest BCUT2D eigenvalue weighted by Crippen LogP contribution is 2.24. The van der Waals surface area contributed by atoms with E-state index in [1.165, 1.54) is 4.31 Å². The smallest absolute Gasteiger partial charge is 0.241 e. The average molecular weight is 340 g/mol. The van der Waals surface area contributed by atoms with Crippen molar-refractivity contribution in [3.63, 3.8) is 0 Å². The van der Waals surface area contributed by atoms with Gasteiger partial charge in [-0.1, -0.05) is 13.3 Å². The number of piperidine rings is 1. The Balaban J connectivity index is 0.00000220. The predicted octanol–water partition coefficient (Wildman–Crippen LogP) is 0.562. The van der Waals surface area contributed by atoms with E-state index in [1.807, 2.05) is 6.92 Å². The van der Waals surface area contributed by atoms with Gasteiger partial charge in [0.1, 0.15) is 6.04 Å². The maximum atomic E-state index is 12.6. The predicted molar refractivity (Wildman–Crippen MR) is 84.8 cm³/mol. The number of hydrogen-bond acceptors (Lipinski definition) is 4. The molecule has 2 aliphatic heterocycles. The Morgan fingerprint density at radius 2 is 1.95 bits per heavy atom. The van der Waals surface area contributed by atoms with E-state index in [4.69, 9.17) is 5.73 Å². The van der Waals surface area contributed by atoms with Crippen LogP contribution in [0.15, 0.2) is 0 Å². The highest BCUT2D eigenvalue weighted by molar-refractivity contribution is 7.89. The van der Waals surface area contributed by atoms with Crippen molar-refractivity contribution in [1.29, 1.82) is 0 Å². The number of hydrogen-bond donors (Lipinski definition) is 1. The molecular formula is C13H26ClN3O3S. The maximum absolute atomic E-state index is 12.6. The van der Waals surface area contributed by atoms with E-state index in [0.717, 1.165) is 19.3 Å². The second-order valence-electron chi connectivity index (χ2n) is 5.77. The van der Waals surface area contributed by atoms with Crippen LogP contribution in [0.3, 0.4) is 0 Å². The number of carbonyl (C=O) groups excluding carboxylic acids is 1. The van der Waals surface area contributed by atoms with Crippen LogP contribution in [0, 0.1) is 0 Å². The minimum Gasteiger partial charge on any atom is -0.340 e. The molecule has 1 amide bonds. The highest BCUT2D eigenvalue weighted by Gasteiger charge is 2.39. The summed E-state index contributed by atoms with van der Waals surface area (Å²) in [7, 11) is -3.32. The minimum absolute atomic E-state index is 0. The molecule has 2 N–H and O–H groups in total. The third-order valence-electron chi connectivity index (χ3n) is 4.09. The molecule has 0 aromatic carbocycles. The molecule has 1 unspecified atom stereocenters. The molecule has 2 atom stereocenters. The van der Waals surface area contributed by atoms with Crippen molar-refractivity contribution in [1.82, 2.24) is 9.21 Å². The average Bonchev–Trinajstić information content (AvgIpc) is 2.84. The van der Waals surface area contributed by atoms with Crippen LogP contribution in [0.4, 0.5) is 0 Å². The fraction of sp³-hybridized carbons (Fsp3) is 0.923. The zero-order chi connectivity index (χ0) is 14.8. The Hall–Kier alpha value is -0.370. The monoisotopic (exact) mass is 339 g/mol. The van der Waals surface area contributed by atoms with Crippen molar-refractivity contribution in [2.45, 2.75) is 51.1 Å². The maximum Gasteiger partial charge on any atom is 0.241 e. The molecule has 0 spiro atoms. The Labute approximate surface area is 133 Å². The summed E-state index contributed by atoms with van der Waals surface area (Å²) in [6.07, 6.45) is 3.77. The quantitative estimate of drug-likeness (QED) is 0.811. The summed E-state index contributed by atoms with van der Waals surface area (Å²) in [6, 6.07) is -0.478. The summed E-state index contributed by atoms with van der Waals surface area (Å²) in [5, 5.41) is 0. The van der Waals surface area contributed by atoms with Gasteiger partial charge in [-0.3, -0.25) is 4.79 Å². The molecule has 2 heterocycles. The lowest BCUT2D eigenvalue weighted by Crippen LogP contribution is -2.53. The van der Waals surface area contributed by atoms with Crippen LogP contribution in [0.25, 0.3) is 0 Å². The molecule has 124 valence electrons. The van der Waals surface area contributed by atoms with Crippen LogP contribution in [-0.2, 0) is 14.8 Å². The van der Waals surface area contributed by atoms with E-state index in [0.29, 0.717) is 32.5 Å². The Kier molecular flexibility index (Phi) is 6.90. The van der Waals surface area contributed by atoms with Gasteiger partial charge in [0, 0.05) is 25.7 Å². The first-order valence-corrected chi connectivity index (χ1v) is 9.10. The highest BCUT2D eigenvalue weighted by atomic mass is 35.5. The zero-order valence-electron chi connectivity index (χ0n) is 12.5. The lowest BCUT2D eigenvalue weighted by Gasteiger charge is -2.35. The van der Waals surface area contributed by atoms with Crippen LogP contribution in [0.5, 0.6) is 0 Å². The lowest BCUT2D eigenvalue weighted by molar-refractivity contribution is -0.135. The summed E-state index contributed by atoms with van der Waals surface area (Å²) in [6.45, 7) is 3.52. The molecule has 2 rings (SSSR count). The van der Waals surface area contributed by atoms with Gasteiger partial charge in [-0.25, -0.2) is 8.42 Å². The standard InChI is InChI=1S/C13H25N3O3S.ClH/c1-2-9-20(18,19)16-7-4-3-5-12(16)13(17)15-8-6-11(14)10-15;/h11-12H,2-10,14H2,1H3;1H/t11-,12?;/m1./s1. The number of amides is 1. The van der Waals surface area contributed by atoms with E-state index in [9.17, 15) is 13.2 Å². The van der Waals surface area contributed by atoms with E-state index < -0.39 is 16.1 Å². The third-order valence-corrected chi connectivity index (χ3v) is 6.17. The van der Waals surface area contributed by atoms with Gasteiger partial charge >= 0.3 is 0 Å². The van der Waals surface area contributed by atoms with Crippen LogP contribution < -0.4 is 5.73 Å². The Morgan fingerprint density at radius 1 is 1.24 bits per heavy atom. The van der Waals surface area contributed by atoms with Gasteiger partial charge in [0.15, 0.2) is 0 Å². The second kappa shape index (κ2) is 7.76. The van der Waals surface area contributed by atoms with E-state index in [-0.39, 0.29) is 30.1 Å². The molecule has 0 radical (unpaired) electrons. The van der Waals surface area contributed by atoms with Crippen molar-refractivity contribution in [2.24, 2.45) is 5.73 Å². The second-order valence-corrected chi connectivity index (χ2v) is 7.81. The lowest BCUT2D eigenvalue weighted by atomic mass is 10.0. The zero-order valence-corrected chi connectivity index (χ0v) is 14.2. The molecule has 2 aliphatic rings. The van der Waals surface area contributed by atoms with Crippen molar-refractivity contribution < 1.29 is 13.2 Å². The molecule has 2 fully saturated rings. The van der Waals surface area contributed by atoms with E-state index >= 15 is 0 Å². The SMILES string of the molecule is CCCS(=O)(=O)N1CCCCC1C(=O)N1CC[C@@H](N)C1.Cl. The fourth-order valence-corrected chi connectivity index (χ4v) is 4.80. The molecule has 0 aromatic rings. The normalized spacial score (nSPS) is 27.4. The van der Waals surface area contributed by atoms with Gasteiger partial charge < -0.3 is 10.6 Å². The molecule has 8 heteroatoms. The van der Waals surface area contributed by atoms with Crippen molar-refractivity contribution >= 4 is 28.3 Å². The van der Waals surface area contributed by atoms with Gasteiger partial charge in [-0.05, 0) is 25.7 Å². The summed E-state index contributed by atoms with van der Waals surface area (Å²) in [5.41, 5.74) is 5.83. The van der Waals surface area contributed by atoms with Gasteiger partial charge in [-0.15, -0.1) is 12.4 Å². The molecular weight excluding hydrogens is 314 g/mol. The summed E-state index contributed by atoms with van der Waals surface area (Å²) in [5.74, 6) is 0.0633. The number of sulfonamides is 1. The number of likely N-dealkylation sites (tertiary alicyclic amines) is 1. The first-order chi connectivity index (χ1) is 9.45. The van der Waals surface area contributed by atoms with Crippen LogP contribution in [0.1, 0.15) is 39.0 Å². The van der Waals surface area contributed by atoms with Gasteiger partial charge in [-0.2, -0.15) is 4.31 Å². The van der Waals surface area contributed by atoms with Crippen LogP contribution >= 0.6 is 12.4 Å².